The monoisotopic (exact) mass is 297 g/mol. The molecule has 2 N–H and O–H groups in total. The zero-order valence-corrected chi connectivity index (χ0v) is 12.4. The molecule has 7 heteroatoms. The summed E-state index contributed by atoms with van der Waals surface area (Å²) in [6.07, 6.45) is 4.99. The van der Waals surface area contributed by atoms with Gasteiger partial charge >= 0.3 is 0 Å². The van der Waals surface area contributed by atoms with Crippen molar-refractivity contribution in [2.75, 3.05) is 0 Å². The van der Waals surface area contributed by atoms with Crippen molar-refractivity contribution in [2.45, 2.75) is 44.2 Å². The van der Waals surface area contributed by atoms with Gasteiger partial charge in [0.15, 0.2) is 5.03 Å². The van der Waals surface area contributed by atoms with Crippen molar-refractivity contribution in [3.8, 4) is 0 Å². The smallest absolute Gasteiger partial charge is 0.257 e. The van der Waals surface area contributed by atoms with E-state index in [1.54, 1.807) is 6.26 Å². The van der Waals surface area contributed by atoms with Crippen molar-refractivity contribution < 1.29 is 12.8 Å². The number of aryl methyl sites for hydroxylation is 2. The molecule has 6 nitrogen and oxygen atoms in total. The molecule has 20 heavy (non-hydrogen) atoms. The number of aromatic nitrogens is 2. The molecule has 0 bridgehead atoms. The van der Waals surface area contributed by atoms with Crippen LogP contribution in [0, 0.1) is 0 Å². The average molecular weight is 297 g/mol. The fraction of sp³-hybridized carbons (Fsp3) is 0.462. The molecular weight excluding hydrogens is 278 g/mol. The van der Waals surface area contributed by atoms with Gasteiger partial charge in [-0.3, -0.25) is 0 Å². The molecular formula is C13H19N3O3S. The SMILES string of the molecule is CCc1ncc(S(=O)(=O)NC(C)CCc2ccco2)[nH]1. The second kappa shape index (κ2) is 6.23. The maximum atomic E-state index is 12.1. The highest BCUT2D eigenvalue weighted by Gasteiger charge is 2.19. The number of sulfonamides is 1. The summed E-state index contributed by atoms with van der Waals surface area (Å²) in [4.78, 5) is 6.80. The molecule has 110 valence electrons. The lowest BCUT2D eigenvalue weighted by Crippen LogP contribution is -2.33. The summed E-state index contributed by atoms with van der Waals surface area (Å²) in [6, 6.07) is 3.52. The first-order valence-electron chi connectivity index (χ1n) is 6.60. The molecule has 0 spiro atoms. The lowest BCUT2D eigenvalue weighted by atomic mass is 10.2. The van der Waals surface area contributed by atoms with Crippen LogP contribution in [0.2, 0.25) is 0 Å². The van der Waals surface area contributed by atoms with Crippen molar-refractivity contribution >= 4 is 10.0 Å². The van der Waals surface area contributed by atoms with Gasteiger partial charge in [-0.2, -0.15) is 0 Å². The second-order valence-electron chi connectivity index (χ2n) is 4.69. The standard InChI is InChI=1S/C13H19N3O3S/c1-3-12-14-9-13(15-12)20(17,18)16-10(2)6-7-11-5-4-8-19-11/h4-5,8-10,16H,3,6-7H2,1-2H3,(H,14,15). The van der Waals surface area contributed by atoms with Crippen LogP contribution in [-0.4, -0.2) is 24.4 Å². The van der Waals surface area contributed by atoms with Gasteiger partial charge in [0.2, 0.25) is 0 Å². The Morgan fingerprint density at radius 3 is 2.90 bits per heavy atom. The Kier molecular flexibility index (Phi) is 4.61. The number of hydrogen-bond donors (Lipinski definition) is 2. The Morgan fingerprint density at radius 1 is 1.50 bits per heavy atom. The highest BCUT2D eigenvalue weighted by molar-refractivity contribution is 7.89. The number of imidazole rings is 1. The number of aromatic amines is 1. The van der Waals surface area contributed by atoms with Gasteiger partial charge in [-0.25, -0.2) is 18.1 Å². The highest BCUT2D eigenvalue weighted by atomic mass is 32.2. The van der Waals surface area contributed by atoms with Crippen LogP contribution in [-0.2, 0) is 22.9 Å². The van der Waals surface area contributed by atoms with E-state index in [1.807, 2.05) is 26.0 Å². The maximum Gasteiger partial charge on any atom is 0.257 e. The minimum atomic E-state index is -3.54. The van der Waals surface area contributed by atoms with E-state index in [4.69, 9.17) is 4.42 Å². The van der Waals surface area contributed by atoms with Crippen LogP contribution >= 0.6 is 0 Å². The first-order valence-corrected chi connectivity index (χ1v) is 8.08. The summed E-state index contributed by atoms with van der Waals surface area (Å²) in [6.45, 7) is 3.74. The summed E-state index contributed by atoms with van der Waals surface area (Å²) >= 11 is 0. The van der Waals surface area contributed by atoms with Gasteiger partial charge in [0, 0.05) is 18.9 Å². The summed E-state index contributed by atoms with van der Waals surface area (Å²) in [5.41, 5.74) is 0. The van der Waals surface area contributed by atoms with Crippen molar-refractivity contribution in [1.82, 2.24) is 14.7 Å². The predicted molar refractivity (Wildman–Crippen MR) is 74.8 cm³/mol. The zero-order valence-electron chi connectivity index (χ0n) is 11.6. The predicted octanol–water partition coefficient (Wildman–Crippen LogP) is 1.86. The van der Waals surface area contributed by atoms with E-state index in [0.29, 0.717) is 25.1 Å². The van der Waals surface area contributed by atoms with E-state index in [9.17, 15) is 8.42 Å². The van der Waals surface area contributed by atoms with Crippen LogP contribution in [0.15, 0.2) is 34.0 Å². The van der Waals surface area contributed by atoms with Crippen molar-refractivity contribution in [2.24, 2.45) is 0 Å². The molecule has 0 aliphatic carbocycles. The van der Waals surface area contributed by atoms with Crippen LogP contribution in [0.1, 0.15) is 31.9 Å². The largest absolute Gasteiger partial charge is 0.469 e. The van der Waals surface area contributed by atoms with Crippen LogP contribution < -0.4 is 4.72 Å². The molecule has 2 aromatic rings. The molecule has 0 aliphatic heterocycles. The Hall–Kier alpha value is -1.60. The number of nitrogens with one attached hydrogen (secondary N) is 2. The topological polar surface area (TPSA) is 88.0 Å². The molecule has 1 unspecified atom stereocenters. The van der Waals surface area contributed by atoms with E-state index in [1.165, 1.54) is 6.20 Å². The molecule has 0 aliphatic rings. The minimum Gasteiger partial charge on any atom is -0.469 e. The van der Waals surface area contributed by atoms with E-state index in [0.717, 1.165) is 5.76 Å². The van der Waals surface area contributed by atoms with Crippen LogP contribution in [0.4, 0.5) is 0 Å². The fourth-order valence-corrected chi connectivity index (χ4v) is 3.08. The normalized spacial score (nSPS) is 13.5. The molecule has 0 fully saturated rings. The van der Waals surface area contributed by atoms with E-state index in [-0.39, 0.29) is 11.1 Å². The first-order chi connectivity index (χ1) is 9.51. The van der Waals surface area contributed by atoms with Gasteiger partial charge in [-0.1, -0.05) is 6.92 Å². The second-order valence-corrected chi connectivity index (χ2v) is 6.37. The molecule has 0 amide bonds. The summed E-state index contributed by atoms with van der Waals surface area (Å²) in [7, 11) is -3.54. The van der Waals surface area contributed by atoms with Gasteiger partial charge in [-0.05, 0) is 25.5 Å². The molecule has 2 aromatic heterocycles. The molecule has 1 atom stereocenters. The van der Waals surface area contributed by atoms with Gasteiger partial charge in [0.25, 0.3) is 10.0 Å². The van der Waals surface area contributed by atoms with Gasteiger partial charge in [0.1, 0.15) is 11.6 Å². The zero-order chi connectivity index (χ0) is 14.6. The number of nitrogens with zero attached hydrogens (tertiary/aromatic N) is 1. The molecule has 0 saturated heterocycles. The van der Waals surface area contributed by atoms with Gasteiger partial charge in [-0.15, -0.1) is 0 Å². The van der Waals surface area contributed by atoms with Crippen LogP contribution in [0.5, 0.6) is 0 Å². The van der Waals surface area contributed by atoms with E-state index < -0.39 is 10.0 Å². The molecule has 0 saturated carbocycles. The Labute approximate surface area is 118 Å². The van der Waals surface area contributed by atoms with Crippen LogP contribution in [0.25, 0.3) is 0 Å². The fourth-order valence-electron chi connectivity index (χ4n) is 1.86. The Morgan fingerprint density at radius 2 is 2.30 bits per heavy atom. The Balaban J connectivity index is 1.93. The van der Waals surface area contributed by atoms with Gasteiger partial charge in [0.05, 0.1) is 12.5 Å². The number of furan rings is 1. The van der Waals surface area contributed by atoms with Crippen molar-refractivity contribution in [3.05, 3.63) is 36.2 Å². The van der Waals surface area contributed by atoms with Crippen molar-refractivity contribution in [1.29, 1.82) is 0 Å². The maximum absolute atomic E-state index is 12.1. The lowest BCUT2D eigenvalue weighted by Gasteiger charge is -2.12. The highest BCUT2D eigenvalue weighted by Crippen LogP contribution is 2.10. The molecule has 2 rings (SSSR count). The summed E-state index contributed by atoms with van der Waals surface area (Å²) in [5.74, 6) is 1.51. The molecule has 0 radical (unpaired) electrons. The van der Waals surface area contributed by atoms with Gasteiger partial charge < -0.3 is 9.40 Å². The minimum absolute atomic E-state index is 0.110. The number of H-pyrrole nitrogens is 1. The molecule has 0 aromatic carbocycles. The van der Waals surface area contributed by atoms with Crippen LogP contribution in [0.3, 0.4) is 0 Å². The van der Waals surface area contributed by atoms with E-state index in [2.05, 4.69) is 14.7 Å². The average Bonchev–Trinajstić information content (AvgIpc) is 3.07. The molecule has 2 heterocycles. The number of hydrogen-bond acceptors (Lipinski definition) is 4. The lowest BCUT2D eigenvalue weighted by molar-refractivity contribution is 0.479. The summed E-state index contributed by atoms with van der Waals surface area (Å²) < 4.78 is 32.1. The van der Waals surface area contributed by atoms with Crippen molar-refractivity contribution in [3.63, 3.8) is 0 Å². The quantitative estimate of drug-likeness (QED) is 0.816. The first kappa shape index (κ1) is 14.8. The van der Waals surface area contributed by atoms with E-state index >= 15 is 0 Å². The Bertz CT molecular complexity index is 632. The third-order valence-corrected chi connectivity index (χ3v) is 4.49. The summed E-state index contributed by atoms with van der Waals surface area (Å²) in [5, 5.41) is 0.110. The number of rotatable bonds is 7. The third-order valence-electron chi connectivity index (χ3n) is 2.99. The third kappa shape index (κ3) is 3.71.